The summed E-state index contributed by atoms with van der Waals surface area (Å²) in [6.45, 7) is 13.9. The van der Waals surface area contributed by atoms with Crippen LogP contribution in [0.5, 0.6) is 5.75 Å². The Hall–Kier alpha value is -1.30. The highest BCUT2D eigenvalue weighted by Gasteiger charge is 2.29. The van der Waals surface area contributed by atoms with Crippen molar-refractivity contribution in [3.8, 4) is 5.75 Å². The molecule has 2 N–H and O–H groups in total. The first kappa shape index (κ1) is 21.0. The third kappa shape index (κ3) is 4.90. The average molecular weight is 382 g/mol. The highest BCUT2D eigenvalue weighted by Crippen LogP contribution is 2.43. The molecule has 1 heterocycles. The van der Waals surface area contributed by atoms with Crippen LogP contribution in [-0.2, 0) is 0 Å². The van der Waals surface area contributed by atoms with Gasteiger partial charge in [-0.15, -0.1) is 0 Å². The molecule has 1 atom stereocenters. The molecule has 1 aromatic rings. The third-order valence-electron chi connectivity index (χ3n) is 5.11. The van der Waals surface area contributed by atoms with Crippen molar-refractivity contribution in [2.75, 3.05) is 26.7 Å². The first-order chi connectivity index (χ1) is 12.2. The van der Waals surface area contributed by atoms with Crippen molar-refractivity contribution >= 4 is 18.3 Å². The van der Waals surface area contributed by atoms with E-state index in [0.29, 0.717) is 12.5 Å². The Morgan fingerprint density at radius 1 is 1.46 bits per heavy atom. The van der Waals surface area contributed by atoms with Crippen LogP contribution < -0.4 is 10.2 Å². The molecule has 146 valence electrons. The Morgan fingerprint density at radius 2 is 2.08 bits per heavy atom. The quantitative estimate of drug-likeness (QED) is 0.556. The number of β-amino-alcohol motifs (C(OH)–C–C–N with tert-alkyl or cyclic N) is 1. The van der Waals surface area contributed by atoms with E-state index < -0.39 is 5.60 Å². The van der Waals surface area contributed by atoms with Crippen molar-refractivity contribution < 1.29 is 9.84 Å². The molecule has 1 saturated heterocycles. The van der Waals surface area contributed by atoms with Crippen molar-refractivity contribution in [3.05, 3.63) is 27.8 Å². The number of hydrazone groups is 1. The second kappa shape index (κ2) is 8.59. The van der Waals surface area contributed by atoms with Crippen LogP contribution in [0.3, 0.4) is 0 Å². The van der Waals surface area contributed by atoms with Gasteiger partial charge >= 0.3 is 0 Å². The van der Waals surface area contributed by atoms with Gasteiger partial charge < -0.3 is 20.2 Å². The fraction of sp³-hybridized carbons (Fsp3) is 0.650. The van der Waals surface area contributed by atoms with Crippen LogP contribution in [0.25, 0.3) is 0 Å². The largest absolute Gasteiger partial charge is 0.496 e. The summed E-state index contributed by atoms with van der Waals surface area (Å²) < 4.78 is 5.83. The highest BCUT2D eigenvalue weighted by molar-refractivity contribution is 6.31. The molecule has 1 aromatic carbocycles. The van der Waals surface area contributed by atoms with Crippen molar-refractivity contribution in [1.29, 1.82) is 0 Å². The summed E-state index contributed by atoms with van der Waals surface area (Å²) in [7, 11) is 1.72. The molecule has 0 amide bonds. The number of likely N-dealkylation sites (tertiary alicyclic amines) is 1. The summed E-state index contributed by atoms with van der Waals surface area (Å²) in [5.74, 6) is 1.29. The number of benzene rings is 1. The molecule has 0 aliphatic carbocycles. The number of hydrogen-bond acceptors (Lipinski definition) is 5. The van der Waals surface area contributed by atoms with Crippen molar-refractivity contribution in [2.24, 2.45) is 5.10 Å². The van der Waals surface area contributed by atoms with Crippen LogP contribution in [0.4, 0.5) is 0 Å². The van der Waals surface area contributed by atoms with Crippen LogP contribution >= 0.6 is 11.6 Å². The summed E-state index contributed by atoms with van der Waals surface area (Å²) in [4.78, 5) is 2.33. The van der Waals surface area contributed by atoms with E-state index >= 15 is 0 Å². The molecule has 5 nitrogen and oxygen atoms in total. The minimum Gasteiger partial charge on any atom is -0.496 e. The zero-order valence-corrected chi connectivity index (χ0v) is 17.4. The summed E-state index contributed by atoms with van der Waals surface area (Å²) >= 11 is 6.55. The van der Waals surface area contributed by atoms with Crippen LogP contribution in [0.15, 0.2) is 11.2 Å². The maximum absolute atomic E-state index is 10.1. The molecule has 26 heavy (non-hydrogen) atoms. The minimum atomic E-state index is -0.664. The first-order valence-corrected chi connectivity index (χ1v) is 9.58. The van der Waals surface area contributed by atoms with Gasteiger partial charge in [0.05, 0.1) is 18.8 Å². The number of ether oxygens (including phenoxy) is 1. The summed E-state index contributed by atoms with van der Waals surface area (Å²) in [6, 6.07) is 1.93. The van der Waals surface area contributed by atoms with E-state index in [2.05, 4.69) is 29.1 Å². The van der Waals surface area contributed by atoms with Crippen molar-refractivity contribution in [2.45, 2.75) is 58.1 Å². The van der Waals surface area contributed by atoms with Gasteiger partial charge in [-0.1, -0.05) is 11.6 Å². The lowest BCUT2D eigenvalue weighted by molar-refractivity contribution is 0.0280. The zero-order valence-electron chi connectivity index (χ0n) is 16.6. The van der Waals surface area contributed by atoms with Gasteiger partial charge in [-0.2, -0.15) is 5.10 Å². The van der Waals surface area contributed by atoms with Gasteiger partial charge in [0.15, 0.2) is 0 Å². The molecular formula is C20H32ClN3O2. The van der Waals surface area contributed by atoms with Gasteiger partial charge in [-0.05, 0) is 71.2 Å². The van der Waals surface area contributed by atoms with E-state index in [1.54, 1.807) is 7.11 Å². The molecule has 0 spiro atoms. The molecule has 0 aromatic heterocycles. The van der Waals surface area contributed by atoms with Gasteiger partial charge in [-0.25, -0.2) is 0 Å². The van der Waals surface area contributed by atoms with Crippen molar-refractivity contribution in [1.82, 2.24) is 10.3 Å². The Kier molecular flexibility index (Phi) is 6.94. The van der Waals surface area contributed by atoms with Crippen molar-refractivity contribution in [3.63, 3.8) is 0 Å². The normalized spacial score (nSPS) is 17.8. The monoisotopic (exact) mass is 381 g/mol. The third-order valence-corrected chi connectivity index (χ3v) is 5.51. The number of piperidine rings is 1. The van der Waals surface area contributed by atoms with Crippen LogP contribution in [0.1, 0.15) is 62.3 Å². The summed E-state index contributed by atoms with van der Waals surface area (Å²) in [5.41, 5.74) is 5.62. The fourth-order valence-electron chi connectivity index (χ4n) is 3.94. The number of halogens is 1. The molecule has 1 fully saturated rings. The summed E-state index contributed by atoms with van der Waals surface area (Å²) in [5, 5.41) is 14.6. The molecule has 6 heteroatoms. The van der Waals surface area contributed by atoms with Gasteiger partial charge in [-0.3, -0.25) is 0 Å². The molecule has 0 bridgehead atoms. The number of methoxy groups -OCH3 is 1. The Balaban J connectivity index is 2.30. The molecular weight excluding hydrogens is 350 g/mol. The Bertz CT molecular complexity index is 635. The Labute approximate surface area is 162 Å². The standard InChI is InChI=1S/C20H32ClN3O2/c1-13-17(21)11-16(14(2)23-22-5)19(26-6)18(13)15-7-9-24(10-8-15)12-20(3,4)25/h11,14-15,23,25H,5,7-10,12H2,1-4,6H3. The smallest absolute Gasteiger partial charge is 0.128 e. The number of rotatable bonds is 7. The SMILES string of the molecule is C=NNC(C)c1cc(Cl)c(C)c(C2CCN(CC(C)(C)O)CC2)c1OC. The molecule has 2 rings (SSSR count). The molecule has 1 unspecified atom stereocenters. The van der Waals surface area contributed by atoms with Gasteiger partial charge in [0, 0.05) is 29.4 Å². The average Bonchev–Trinajstić information content (AvgIpc) is 2.56. The molecule has 0 radical (unpaired) electrons. The number of nitrogens with one attached hydrogen (secondary N) is 1. The molecule has 1 aliphatic rings. The highest BCUT2D eigenvalue weighted by atomic mass is 35.5. The molecule has 0 saturated carbocycles. The van der Waals surface area contributed by atoms with E-state index in [0.717, 1.165) is 47.8 Å². The van der Waals surface area contributed by atoms with E-state index in [9.17, 15) is 5.11 Å². The van der Waals surface area contributed by atoms with E-state index in [1.807, 2.05) is 26.8 Å². The van der Waals surface area contributed by atoms with E-state index in [4.69, 9.17) is 16.3 Å². The maximum atomic E-state index is 10.1. The molecule has 1 aliphatic heterocycles. The van der Waals surface area contributed by atoms with Crippen LogP contribution in [0.2, 0.25) is 5.02 Å². The lowest BCUT2D eigenvalue weighted by atomic mass is 9.84. The zero-order chi connectivity index (χ0) is 19.5. The topological polar surface area (TPSA) is 57.1 Å². The van der Waals surface area contributed by atoms with E-state index in [1.165, 1.54) is 5.56 Å². The van der Waals surface area contributed by atoms with Gasteiger partial charge in [0.25, 0.3) is 0 Å². The predicted octanol–water partition coefficient (Wildman–Crippen LogP) is 3.87. The van der Waals surface area contributed by atoms with Gasteiger partial charge in [0.1, 0.15) is 5.75 Å². The second-order valence-electron chi connectivity index (χ2n) is 7.89. The minimum absolute atomic E-state index is 0.0328. The fourth-order valence-corrected chi connectivity index (χ4v) is 4.16. The first-order valence-electron chi connectivity index (χ1n) is 9.20. The number of nitrogens with zero attached hydrogens (tertiary/aromatic N) is 2. The second-order valence-corrected chi connectivity index (χ2v) is 8.30. The lowest BCUT2D eigenvalue weighted by Crippen LogP contribution is -2.42. The number of hydrogen-bond donors (Lipinski definition) is 2. The predicted molar refractivity (Wildman–Crippen MR) is 109 cm³/mol. The van der Waals surface area contributed by atoms with Crippen LogP contribution in [0, 0.1) is 6.92 Å². The lowest BCUT2D eigenvalue weighted by Gasteiger charge is -2.36. The Morgan fingerprint density at radius 3 is 2.58 bits per heavy atom. The van der Waals surface area contributed by atoms with Gasteiger partial charge in [0.2, 0.25) is 0 Å². The maximum Gasteiger partial charge on any atom is 0.128 e. The van der Waals surface area contributed by atoms with Crippen LogP contribution in [-0.4, -0.2) is 49.1 Å². The van der Waals surface area contributed by atoms with E-state index in [-0.39, 0.29) is 6.04 Å². The number of aliphatic hydroxyl groups is 1. The summed E-state index contributed by atoms with van der Waals surface area (Å²) in [6.07, 6.45) is 2.04.